The molecule has 0 aliphatic carbocycles. The molecule has 0 aliphatic rings. The van der Waals surface area contributed by atoms with E-state index in [1.165, 1.54) is 21.5 Å². The Labute approximate surface area is 149 Å². The molecule has 0 aromatic carbocycles. The Morgan fingerprint density at radius 2 is 1.92 bits per heavy atom. The van der Waals surface area contributed by atoms with Gasteiger partial charge >= 0.3 is 5.97 Å². The third-order valence-electron chi connectivity index (χ3n) is 3.53. The molecule has 1 atom stereocenters. The SMILES string of the molecule is Cc1nc(SCC(=O)O[C@H](C)C(=O)N(C)C)c2c(C)c(C)sc2n1. The van der Waals surface area contributed by atoms with Crippen LogP contribution in [0, 0.1) is 20.8 Å². The highest BCUT2D eigenvalue weighted by atomic mass is 32.2. The lowest BCUT2D eigenvalue weighted by molar-refractivity contribution is -0.155. The van der Waals surface area contributed by atoms with Gasteiger partial charge in [0.1, 0.15) is 15.7 Å². The first-order valence-corrected chi connectivity index (χ1v) is 9.28. The maximum Gasteiger partial charge on any atom is 0.317 e. The third-order valence-corrected chi connectivity index (χ3v) is 5.58. The fraction of sp³-hybridized carbons (Fsp3) is 0.500. The Kier molecular flexibility index (Phi) is 5.82. The summed E-state index contributed by atoms with van der Waals surface area (Å²) in [6.07, 6.45) is -0.787. The zero-order valence-electron chi connectivity index (χ0n) is 14.7. The van der Waals surface area contributed by atoms with Gasteiger partial charge in [0, 0.05) is 24.4 Å². The number of hydrogen-bond acceptors (Lipinski definition) is 7. The minimum absolute atomic E-state index is 0.102. The molecule has 1 amide bonds. The second kappa shape index (κ2) is 7.48. The van der Waals surface area contributed by atoms with Crippen molar-refractivity contribution in [2.24, 2.45) is 0 Å². The van der Waals surface area contributed by atoms with Gasteiger partial charge in [-0.05, 0) is 33.3 Å². The number of carbonyl (C=O) groups excluding carboxylic acids is 2. The van der Waals surface area contributed by atoms with Crippen molar-refractivity contribution in [1.82, 2.24) is 14.9 Å². The third kappa shape index (κ3) is 4.05. The average molecular weight is 367 g/mol. The average Bonchev–Trinajstić information content (AvgIpc) is 2.78. The standard InChI is InChI=1S/C16H21N3O3S2/c1-8-10(3)24-15-13(8)14(17-11(4)18-15)23-7-12(20)22-9(2)16(21)19(5)6/h9H,7H2,1-6H3/t9-/m1/s1. The van der Waals surface area contributed by atoms with Gasteiger partial charge in [-0.25, -0.2) is 9.97 Å². The Hall–Kier alpha value is -1.67. The molecule has 2 aromatic rings. The molecule has 0 saturated carbocycles. The van der Waals surface area contributed by atoms with E-state index in [4.69, 9.17) is 4.74 Å². The van der Waals surface area contributed by atoms with Crippen LogP contribution in [0.3, 0.4) is 0 Å². The molecule has 0 bridgehead atoms. The van der Waals surface area contributed by atoms with Gasteiger partial charge in [0.2, 0.25) is 0 Å². The number of esters is 1. The van der Waals surface area contributed by atoms with E-state index in [9.17, 15) is 9.59 Å². The summed E-state index contributed by atoms with van der Waals surface area (Å²) in [5, 5.41) is 1.78. The van der Waals surface area contributed by atoms with Gasteiger partial charge in [-0.2, -0.15) is 0 Å². The van der Waals surface area contributed by atoms with Crippen LogP contribution in [0.25, 0.3) is 10.2 Å². The first-order chi connectivity index (χ1) is 11.2. The molecule has 0 spiro atoms. The van der Waals surface area contributed by atoms with Crippen molar-refractivity contribution in [3.8, 4) is 0 Å². The molecule has 0 saturated heterocycles. The van der Waals surface area contributed by atoms with Crippen LogP contribution >= 0.6 is 23.1 Å². The zero-order valence-corrected chi connectivity index (χ0v) is 16.3. The second-order valence-electron chi connectivity index (χ2n) is 5.69. The summed E-state index contributed by atoms with van der Waals surface area (Å²) in [4.78, 5) is 36.2. The van der Waals surface area contributed by atoms with Crippen molar-refractivity contribution < 1.29 is 14.3 Å². The number of likely N-dealkylation sites (N-methyl/N-ethyl adjacent to an activating group) is 1. The molecule has 6 nitrogen and oxygen atoms in total. The van der Waals surface area contributed by atoms with Crippen LogP contribution in [0.5, 0.6) is 0 Å². The van der Waals surface area contributed by atoms with E-state index in [2.05, 4.69) is 9.97 Å². The highest BCUT2D eigenvalue weighted by Crippen LogP contribution is 2.35. The molecule has 0 radical (unpaired) electrons. The Morgan fingerprint density at radius 1 is 1.25 bits per heavy atom. The van der Waals surface area contributed by atoms with Gasteiger partial charge in [0.05, 0.1) is 5.75 Å². The number of aryl methyl sites for hydroxylation is 3. The Bertz CT molecular complexity index is 786. The molecular formula is C16H21N3O3S2. The highest BCUT2D eigenvalue weighted by Gasteiger charge is 2.20. The van der Waals surface area contributed by atoms with Crippen molar-refractivity contribution in [2.75, 3.05) is 19.8 Å². The summed E-state index contributed by atoms with van der Waals surface area (Å²) >= 11 is 2.95. The van der Waals surface area contributed by atoms with Crippen molar-refractivity contribution in [2.45, 2.75) is 38.8 Å². The number of carbonyl (C=O) groups is 2. The maximum absolute atomic E-state index is 12.0. The van der Waals surface area contributed by atoms with E-state index in [1.54, 1.807) is 32.4 Å². The first kappa shape index (κ1) is 18.7. The van der Waals surface area contributed by atoms with Gasteiger partial charge in [-0.15, -0.1) is 11.3 Å². The number of nitrogens with zero attached hydrogens (tertiary/aromatic N) is 3. The number of rotatable bonds is 5. The molecule has 2 rings (SSSR count). The van der Waals surface area contributed by atoms with Gasteiger partial charge < -0.3 is 9.64 Å². The number of thiophene rings is 1. The van der Waals surface area contributed by atoms with E-state index in [0.717, 1.165) is 20.8 Å². The first-order valence-electron chi connectivity index (χ1n) is 7.48. The van der Waals surface area contributed by atoms with Crippen LogP contribution in [-0.4, -0.2) is 52.7 Å². The number of aromatic nitrogens is 2. The summed E-state index contributed by atoms with van der Waals surface area (Å²) in [6, 6.07) is 0. The Morgan fingerprint density at radius 3 is 2.54 bits per heavy atom. The van der Waals surface area contributed by atoms with E-state index in [0.29, 0.717) is 5.82 Å². The molecule has 0 N–H and O–H groups in total. The molecule has 130 valence electrons. The lowest BCUT2D eigenvalue weighted by atomic mass is 10.2. The zero-order chi connectivity index (χ0) is 18.0. The summed E-state index contributed by atoms with van der Waals surface area (Å²) < 4.78 is 5.18. The van der Waals surface area contributed by atoms with Crippen LogP contribution in [-0.2, 0) is 14.3 Å². The largest absolute Gasteiger partial charge is 0.452 e. The van der Waals surface area contributed by atoms with Crippen molar-refractivity contribution in [1.29, 1.82) is 0 Å². The van der Waals surface area contributed by atoms with Crippen molar-refractivity contribution in [3.63, 3.8) is 0 Å². The molecule has 0 fully saturated rings. The van der Waals surface area contributed by atoms with Gasteiger partial charge in [-0.1, -0.05) is 11.8 Å². The fourth-order valence-electron chi connectivity index (χ4n) is 2.19. The lowest BCUT2D eigenvalue weighted by Gasteiger charge is -2.17. The van der Waals surface area contributed by atoms with Gasteiger partial charge in [-0.3, -0.25) is 9.59 Å². The number of fused-ring (bicyclic) bond motifs is 1. The van der Waals surface area contributed by atoms with E-state index < -0.39 is 12.1 Å². The quantitative estimate of drug-likeness (QED) is 0.460. The molecule has 0 aliphatic heterocycles. The fourth-order valence-corrected chi connectivity index (χ4v) is 4.24. The molecule has 2 aromatic heterocycles. The van der Waals surface area contributed by atoms with Crippen LogP contribution in [0.4, 0.5) is 0 Å². The van der Waals surface area contributed by atoms with Crippen molar-refractivity contribution in [3.05, 3.63) is 16.3 Å². The van der Waals surface area contributed by atoms with Crippen LogP contribution in [0.1, 0.15) is 23.2 Å². The molecule has 8 heteroatoms. The topological polar surface area (TPSA) is 72.4 Å². The number of amides is 1. The van der Waals surface area contributed by atoms with Crippen LogP contribution in [0.15, 0.2) is 5.03 Å². The molecule has 2 heterocycles. The summed E-state index contributed by atoms with van der Waals surface area (Å²) in [5.41, 5.74) is 1.14. The van der Waals surface area contributed by atoms with Crippen molar-refractivity contribution >= 4 is 45.2 Å². The van der Waals surface area contributed by atoms with Gasteiger partial charge in [0.15, 0.2) is 6.10 Å². The maximum atomic E-state index is 12.0. The summed E-state index contributed by atoms with van der Waals surface area (Å²) in [6.45, 7) is 7.50. The monoisotopic (exact) mass is 367 g/mol. The number of hydrogen-bond donors (Lipinski definition) is 0. The minimum Gasteiger partial charge on any atom is -0.452 e. The summed E-state index contributed by atoms with van der Waals surface area (Å²) in [7, 11) is 3.26. The highest BCUT2D eigenvalue weighted by molar-refractivity contribution is 8.00. The van der Waals surface area contributed by atoms with Crippen LogP contribution < -0.4 is 0 Å². The van der Waals surface area contributed by atoms with Crippen LogP contribution in [0.2, 0.25) is 0 Å². The summed E-state index contributed by atoms with van der Waals surface area (Å²) in [5.74, 6) is 0.107. The smallest absolute Gasteiger partial charge is 0.317 e. The Balaban J connectivity index is 2.11. The molecular weight excluding hydrogens is 346 g/mol. The minimum atomic E-state index is -0.787. The van der Waals surface area contributed by atoms with E-state index in [1.807, 2.05) is 20.8 Å². The predicted molar refractivity (Wildman–Crippen MR) is 96.6 cm³/mol. The molecule has 24 heavy (non-hydrogen) atoms. The van der Waals surface area contributed by atoms with Gasteiger partial charge in [0.25, 0.3) is 5.91 Å². The van der Waals surface area contributed by atoms with E-state index in [-0.39, 0.29) is 11.7 Å². The van der Waals surface area contributed by atoms with E-state index >= 15 is 0 Å². The lowest BCUT2D eigenvalue weighted by Crippen LogP contribution is -2.35. The predicted octanol–water partition coefficient (Wildman–Crippen LogP) is 2.73. The molecule has 0 unspecified atom stereocenters. The number of thioether (sulfide) groups is 1. The normalized spacial score (nSPS) is 12.2. The second-order valence-corrected chi connectivity index (χ2v) is 7.86. The number of ether oxygens (including phenoxy) is 1.